The van der Waals surface area contributed by atoms with E-state index in [2.05, 4.69) is 13.8 Å². The third kappa shape index (κ3) is 4.86. The summed E-state index contributed by atoms with van der Waals surface area (Å²) in [4.78, 5) is 26.3. The molecule has 0 aromatic carbocycles. The lowest BCUT2D eigenvalue weighted by molar-refractivity contribution is -0.568. The largest absolute Gasteiger partial charge is 0.449 e. The fourth-order valence-corrected chi connectivity index (χ4v) is 7.99. The minimum Gasteiger partial charge on any atom is -0.449 e. The molecule has 8 atom stereocenters. The fraction of sp³-hybridized carbons (Fsp3) is 0.962. The van der Waals surface area contributed by atoms with Crippen molar-refractivity contribution >= 4 is 17.9 Å². The zero-order valence-corrected chi connectivity index (χ0v) is 22.9. The summed E-state index contributed by atoms with van der Waals surface area (Å²) in [6.45, 7) is 15.1. The van der Waals surface area contributed by atoms with Crippen LogP contribution in [-0.2, 0) is 24.0 Å². The van der Waals surface area contributed by atoms with E-state index in [-0.39, 0.29) is 29.9 Å². The van der Waals surface area contributed by atoms with Gasteiger partial charge in [-0.25, -0.2) is 14.6 Å². The van der Waals surface area contributed by atoms with Gasteiger partial charge in [-0.2, -0.15) is 0 Å². The molecule has 0 aromatic rings. The quantitative estimate of drug-likeness (QED) is 0.301. The summed E-state index contributed by atoms with van der Waals surface area (Å²) in [6, 6.07) is 0.272. The molecule has 1 amide bonds. The van der Waals surface area contributed by atoms with E-state index in [4.69, 9.17) is 24.0 Å². The lowest BCUT2D eigenvalue weighted by atomic mass is 9.58. The first-order valence-corrected chi connectivity index (χ1v) is 14.4. The molecule has 1 saturated carbocycles. The standard InChI is InChI=1S/C26H45NO6S/c1-16(2)27(17(3)4)24(28)29-14-8-9-15-34-22-19(6)21-11-10-18(5)20-12-13-25(7)31-23(30-22)26(20,21)33-32-25/h16-23H,8-15H2,1-7H3/t18-,19-,20+,21+,22+,23-,25+,26-/m1/s1. The first kappa shape index (κ1) is 26.5. The van der Waals surface area contributed by atoms with E-state index in [0.717, 1.165) is 37.9 Å². The Labute approximate surface area is 209 Å². The molecular formula is C26H45NO6S. The van der Waals surface area contributed by atoms with Crippen LogP contribution in [0.15, 0.2) is 0 Å². The number of carbonyl (C=O) groups excluding carboxylic acids is 1. The van der Waals surface area contributed by atoms with Gasteiger partial charge in [0.1, 0.15) is 5.44 Å². The molecule has 1 spiro atoms. The SMILES string of the molecule is CC(C)N(C(=O)OCCCCS[C@@H]1O[C@@H]2O[C@]3(C)CC[C@H]4[C@H](C)CC[C@@H]([C@H]1C)[C@@]24OO3)C(C)C. The van der Waals surface area contributed by atoms with Gasteiger partial charge >= 0.3 is 6.09 Å². The maximum absolute atomic E-state index is 12.4. The summed E-state index contributed by atoms with van der Waals surface area (Å²) in [5.41, 5.74) is -0.419. The number of hydrogen-bond donors (Lipinski definition) is 0. The van der Waals surface area contributed by atoms with Crippen molar-refractivity contribution < 1.29 is 28.8 Å². The van der Waals surface area contributed by atoms with E-state index in [9.17, 15) is 4.79 Å². The molecule has 5 fully saturated rings. The molecule has 4 heterocycles. The highest BCUT2D eigenvalue weighted by Crippen LogP contribution is 2.61. The van der Waals surface area contributed by atoms with E-state index in [1.807, 2.05) is 46.4 Å². The summed E-state index contributed by atoms with van der Waals surface area (Å²) in [5.74, 6) is 1.94. The van der Waals surface area contributed by atoms with Gasteiger partial charge in [0.2, 0.25) is 5.79 Å². The third-order valence-corrected chi connectivity index (χ3v) is 9.86. The summed E-state index contributed by atoms with van der Waals surface area (Å²) < 4.78 is 18.6. The Morgan fingerprint density at radius 1 is 1.06 bits per heavy atom. The summed E-state index contributed by atoms with van der Waals surface area (Å²) in [6.07, 6.45) is 5.48. The fourth-order valence-electron chi connectivity index (χ4n) is 6.72. The number of carbonyl (C=O) groups is 1. The summed E-state index contributed by atoms with van der Waals surface area (Å²) in [5, 5.41) is 0. The number of ether oxygens (including phenoxy) is 3. The minimum atomic E-state index is -0.725. The van der Waals surface area contributed by atoms with Gasteiger partial charge in [-0.3, -0.25) is 0 Å². The highest BCUT2D eigenvalue weighted by Gasteiger charge is 2.69. The lowest BCUT2D eigenvalue weighted by Gasteiger charge is -2.60. The summed E-state index contributed by atoms with van der Waals surface area (Å²) >= 11 is 1.86. The highest BCUT2D eigenvalue weighted by atomic mass is 32.2. The number of nitrogens with zero attached hydrogens (tertiary/aromatic N) is 1. The van der Waals surface area contributed by atoms with Gasteiger partial charge in [0, 0.05) is 24.4 Å². The average molecular weight is 500 g/mol. The Bertz CT molecular complexity index is 713. The molecule has 5 rings (SSSR count). The molecule has 1 aliphatic carbocycles. The van der Waals surface area contributed by atoms with Crippen LogP contribution in [0.25, 0.3) is 0 Å². The van der Waals surface area contributed by atoms with Crippen molar-refractivity contribution in [3.05, 3.63) is 0 Å². The number of unbranched alkanes of at least 4 members (excludes halogenated alkanes) is 1. The van der Waals surface area contributed by atoms with E-state index in [1.54, 1.807) is 4.90 Å². The Morgan fingerprint density at radius 2 is 1.79 bits per heavy atom. The Morgan fingerprint density at radius 3 is 2.50 bits per heavy atom. The van der Waals surface area contributed by atoms with Crippen molar-refractivity contribution in [3.8, 4) is 0 Å². The molecular weight excluding hydrogens is 454 g/mol. The molecule has 4 aliphatic heterocycles. The van der Waals surface area contributed by atoms with Crippen LogP contribution in [0.5, 0.6) is 0 Å². The van der Waals surface area contributed by atoms with E-state index in [0.29, 0.717) is 30.3 Å². The molecule has 0 unspecified atom stereocenters. The Kier molecular flexibility index (Phi) is 8.15. The van der Waals surface area contributed by atoms with Crippen LogP contribution in [0.3, 0.4) is 0 Å². The van der Waals surface area contributed by atoms with Gasteiger partial charge in [-0.05, 0) is 90.2 Å². The zero-order chi connectivity index (χ0) is 24.7. The number of rotatable bonds is 8. The molecule has 7 nitrogen and oxygen atoms in total. The maximum Gasteiger partial charge on any atom is 0.410 e. The first-order valence-electron chi connectivity index (χ1n) is 13.4. The molecule has 0 aromatic heterocycles. The molecule has 196 valence electrons. The topological polar surface area (TPSA) is 66.5 Å². The van der Waals surface area contributed by atoms with Crippen LogP contribution in [0.4, 0.5) is 4.79 Å². The van der Waals surface area contributed by atoms with Crippen LogP contribution in [0.1, 0.15) is 87.0 Å². The molecule has 4 saturated heterocycles. The van der Waals surface area contributed by atoms with Gasteiger partial charge in [-0.15, -0.1) is 11.8 Å². The normalized spacial score (nSPS) is 41.3. The zero-order valence-electron chi connectivity index (χ0n) is 22.1. The third-order valence-electron chi connectivity index (χ3n) is 8.47. The second-order valence-corrected chi connectivity index (χ2v) is 12.8. The van der Waals surface area contributed by atoms with Gasteiger partial charge in [0.05, 0.1) is 6.61 Å². The van der Waals surface area contributed by atoms with Crippen molar-refractivity contribution in [2.75, 3.05) is 12.4 Å². The predicted molar refractivity (Wildman–Crippen MR) is 132 cm³/mol. The second-order valence-electron chi connectivity index (χ2n) is 11.6. The Hall–Kier alpha value is -0.540. The van der Waals surface area contributed by atoms with Gasteiger partial charge in [0.25, 0.3) is 0 Å². The monoisotopic (exact) mass is 499 g/mol. The molecule has 0 radical (unpaired) electrons. The van der Waals surface area contributed by atoms with Crippen LogP contribution in [-0.4, -0.2) is 58.6 Å². The first-order chi connectivity index (χ1) is 16.1. The smallest absolute Gasteiger partial charge is 0.410 e. The van der Waals surface area contributed by atoms with E-state index < -0.39 is 11.4 Å². The number of amides is 1. The van der Waals surface area contributed by atoms with Crippen molar-refractivity contribution in [1.29, 1.82) is 0 Å². The van der Waals surface area contributed by atoms with Gasteiger partial charge in [0.15, 0.2) is 11.9 Å². The van der Waals surface area contributed by atoms with Crippen molar-refractivity contribution in [2.24, 2.45) is 23.7 Å². The number of thioether (sulfide) groups is 1. The lowest BCUT2D eigenvalue weighted by Crippen LogP contribution is -2.70. The van der Waals surface area contributed by atoms with Crippen LogP contribution >= 0.6 is 11.8 Å². The van der Waals surface area contributed by atoms with Crippen molar-refractivity contribution in [1.82, 2.24) is 4.90 Å². The summed E-state index contributed by atoms with van der Waals surface area (Å²) in [7, 11) is 0. The van der Waals surface area contributed by atoms with Crippen molar-refractivity contribution in [2.45, 2.75) is 122 Å². The van der Waals surface area contributed by atoms with Crippen LogP contribution in [0.2, 0.25) is 0 Å². The van der Waals surface area contributed by atoms with Gasteiger partial charge < -0.3 is 19.1 Å². The highest BCUT2D eigenvalue weighted by molar-refractivity contribution is 7.99. The van der Waals surface area contributed by atoms with E-state index in [1.165, 1.54) is 6.42 Å². The van der Waals surface area contributed by atoms with Crippen LogP contribution < -0.4 is 0 Å². The number of fused-ring (bicyclic) bond motifs is 2. The number of hydrogen-bond acceptors (Lipinski definition) is 7. The minimum absolute atomic E-state index is 0.0705. The maximum atomic E-state index is 12.4. The predicted octanol–water partition coefficient (Wildman–Crippen LogP) is 5.96. The second kappa shape index (κ2) is 10.4. The average Bonchev–Trinajstić information content (AvgIpc) is 2.99. The molecule has 2 bridgehead atoms. The molecule has 0 N–H and O–H groups in total. The van der Waals surface area contributed by atoms with Crippen molar-refractivity contribution in [3.63, 3.8) is 0 Å². The Balaban J connectivity index is 1.29. The molecule has 8 heteroatoms. The molecule has 34 heavy (non-hydrogen) atoms. The van der Waals surface area contributed by atoms with Gasteiger partial charge in [-0.1, -0.05) is 13.8 Å². The van der Waals surface area contributed by atoms with E-state index >= 15 is 0 Å². The molecule has 5 aliphatic rings. The van der Waals surface area contributed by atoms with Crippen LogP contribution in [0, 0.1) is 23.7 Å².